The van der Waals surface area contributed by atoms with Crippen molar-refractivity contribution in [3.05, 3.63) is 0 Å². The predicted molar refractivity (Wildman–Crippen MR) is 56.4 cm³/mol. The zero-order valence-corrected chi connectivity index (χ0v) is 10.3. The van der Waals surface area contributed by atoms with Crippen LogP contribution in [0.1, 0.15) is 12.8 Å². The van der Waals surface area contributed by atoms with Crippen LogP contribution in [0.3, 0.4) is 0 Å². The molecule has 0 spiro atoms. The molecular weight excluding hydrogens is 304 g/mol. The molecule has 0 aromatic rings. The number of esters is 1. The lowest BCUT2D eigenvalue weighted by Gasteiger charge is -2.34. The first kappa shape index (κ1) is 11.5. The van der Waals surface area contributed by atoms with Gasteiger partial charge >= 0.3 is 5.97 Å². The maximum Gasteiger partial charge on any atom is 0.316 e. The quantitative estimate of drug-likeness (QED) is 0.574. The fourth-order valence-corrected chi connectivity index (χ4v) is 1.50. The number of hydrogen-bond acceptors (Lipinski definition) is 3. The average Bonchev–Trinajstić information content (AvgIpc) is 2.08. The van der Waals surface area contributed by atoms with Gasteiger partial charge in [-0.1, -0.05) is 31.9 Å². The van der Waals surface area contributed by atoms with E-state index in [4.69, 9.17) is 9.47 Å². The summed E-state index contributed by atoms with van der Waals surface area (Å²) in [5.41, 5.74) is 0. The molecule has 1 rings (SSSR count). The van der Waals surface area contributed by atoms with Gasteiger partial charge in [-0.25, -0.2) is 0 Å². The molecule has 0 atom stereocenters. The van der Waals surface area contributed by atoms with Crippen LogP contribution < -0.4 is 0 Å². The van der Waals surface area contributed by atoms with E-state index >= 15 is 0 Å². The minimum Gasteiger partial charge on any atom is -0.462 e. The summed E-state index contributed by atoms with van der Waals surface area (Å²) < 4.78 is 10.5. The van der Waals surface area contributed by atoms with Gasteiger partial charge in [0, 0.05) is 18.2 Å². The van der Waals surface area contributed by atoms with E-state index in [0.29, 0.717) is 0 Å². The summed E-state index contributed by atoms with van der Waals surface area (Å²) in [4.78, 5) is 10.8. The first-order chi connectivity index (χ1) is 6.26. The molecule has 0 N–H and O–H groups in total. The van der Waals surface area contributed by atoms with Gasteiger partial charge in [0.1, 0.15) is 11.4 Å². The first-order valence-electron chi connectivity index (χ1n) is 4.19. The number of alkyl halides is 2. The summed E-state index contributed by atoms with van der Waals surface area (Å²) >= 11 is 6.32. The Bertz CT molecular complexity index is 169. The Morgan fingerprint density at radius 1 is 1.31 bits per heavy atom. The van der Waals surface area contributed by atoms with E-state index in [2.05, 4.69) is 31.9 Å². The molecule has 13 heavy (non-hydrogen) atoms. The number of ether oxygens (including phenoxy) is 2. The predicted octanol–water partition coefficient (Wildman–Crippen LogP) is 1.87. The van der Waals surface area contributed by atoms with Crippen LogP contribution in [0.4, 0.5) is 0 Å². The molecule has 1 fully saturated rings. The van der Waals surface area contributed by atoms with Crippen molar-refractivity contribution in [1.82, 2.24) is 0 Å². The number of hydrogen-bond donors (Lipinski definition) is 0. The molecule has 1 saturated carbocycles. The molecule has 3 nitrogen and oxygen atoms in total. The number of halogens is 2. The normalized spacial score (nSPS) is 26.6. The summed E-state index contributed by atoms with van der Waals surface area (Å²) in [6, 6.07) is 0. The van der Waals surface area contributed by atoms with Gasteiger partial charge in [0.2, 0.25) is 0 Å². The van der Waals surface area contributed by atoms with Crippen LogP contribution in [0.25, 0.3) is 0 Å². The lowest BCUT2D eigenvalue weighted by atomic mass is 9.92. The topological polar surface area (TPSA) is 35.5 Å². The molecule has 0 aliphatic heterocycles. The van der Waals surface area contributed by atoms with Crippen LogP contribution in [0, 0.1) is 0 Å². The highest BCUT2D eigenvalue weighted by molar-refractivity contribution is 9.09. The van der Waals surface area contributed by atoms with Crippen molar-refractivity contribution in [3.63, 3.8) is 0 Å². The summed E-state index contributed by atoms with van der Waals surface area (Å²) in [5.74, 6) is -0.191. The fourth-order valence-electron chi connectivity index (χ4n) is 1.18. The van der Waals surface area contributed by atoms with Crippen LogP contribution >= 0.6 is 31.9 Å². The molecule has 5 heteroatoms. The lowest BCUT2D eigenvalue weighted by molar-refractivity contribution is -0.158. The zero-order chi connectivity index (χ0) is 9.68. The highest BCUT2D eigenvalue weighted by Crippen LogP contribution is 2.26. The third-order valence-corrected chi connectivity index (χ3v) is 2.67. The Hall–Kier alpha value is 0.390. The van der Waals surface area contributed by atoms with E-state index < -0.39 is 0 Å². The standard InChI is InChI=1S/C8H12Br2O3/c9-1-2-12-6-3-7(4-6)13-8(11)5-10/h6-7H,1-5H2/t6-,7+. The second-order valence-electron chi connectivity index (χ2n) is 2.90. The number of rotatable bonds is 5. The molecule has 0 aromatic heterocycles. The van der Waals surface area contributed by atoms with Gasteiger partial charge in [-0.3, -0.25) is 4.79 Å². The van der Waals surface area contributed by atoms with Gasteiger partial charge in [-0.05, 0) is 0 Å². The monoisotopic (exact) mass is 314 g/mol. The summed E-state index contributed by atoms with van der Waals surface area (Å²) in [6.45, 7) is 0.726. The van der Waals surface area contributed by atoms with E-state index in [-0.39, 0.29) is 23.5 Å². The van der Waals surface area contributed by atoms with E-state index in [1.54, 1.807) is 0 Å². The Labute approximate surface area is 94.4 Å². The third-order valence-electron chi connectivity index (χ3n) is 1.89. The fraction of sp³-hybridized carbons (Fsp3) is 0.875. The smallest absolute Gasteiger partial charge is 0.316 e. The Balaban J connectivity index is 2.01. The minimum atomic E-state index is -0.191. The van der Waals surface area contributed by atoms with E-state index in [9.17, 15) is 4.79 Å². The van der Waals surface area contributed by atoms with Crippen molar-refractivity contribution in [3.8, 4) is 0 Å². The van der Waals surface area contributed by atoms with E-state index in [1.165, 1.54) is 0 Å². The molecule has 0 aromatic carbocycles. The van der Waals surface area contributed by atoms with Gasteiger partial charge in [0.25, 0.3) is 0 Å². The second kappa shape index (κ2) is 5.98. The van der Waals surface area contributed by atoms with Crippen molar-refractivity contribution in [2.75, 3.05) is 17.3 Å². The van der Waals surface area contributed by atoms with Gasteiger partial charge < -0.3 is 9.47 Å². The Morgan fingerprint density at radius 3 is 2.54 bits per heavy atom. The maximum absolute atomic E-state index is 10.8. The lowest BCUT2D eigenvalue weighted by Crippen LogP contribution is -2.39. The molecule has 0 saturated heterocycles. The maximum atomic E-state index is 10.8. The van der Waals surface area contributed by atoms with Gasteiger partial charge in [0.15, 0.2) is 0 Å². The van der Waals surface area contributed by atoms with Crippen LogP contribution in [0.5, 0.6) is 0 Å². The molecule has 76 valence electrons. The Morgan fingerprint density at radius 2 is 2.00 bits per heavy atom. The second-order valence-corrected chi connectivity index (χ2v) is 4.25. The zero-order valence-electron chi connectivity index (χ0n) is 7.17. The summed E-state index contributed by atoms with van der Waals surface area (Å²) in [7, 11) is 0. The molecule has 0 heterocycles. The number of carbonyl (C=O) groups excluding carboxylic acids is 1. The van der Waals surface area contributed by atoms with Crippen molar-refractivity contribution < 1.29 is 14.3 Å². The van der Waals surface area contributed by atoms with E-state index in [0.717, 1.165) is 24.8 Å². The Kier molecular flexibility index (Phi) is 5.28. The van der Waals surface area contributed by atoms with Crippen LogP contribution in [0.15, 0.2) is 0 Å². The van der Waals surface area contributed by atoms with Gasteiger partial charge in [-0.2, -0.15) is 0 Å². The highest BCUT2D eigenvalue weighted by Gasteiger charge is 2.32. The average molecular weight is 316 g/mol. The summed E-state index contributed by atoms with van der Waals surface area (Å²) in [5, 5.41) is 1.13. The van der Waals surface area contributed by atoms with Crippen molar-refractivity contribution in [1.29, 1.82) is 0 Å². The molecule has 0 bridgehead atoms. The van der Waals surface area contributed by atoms with Crippen molar-refractivity contribution in [2.45, 2.75) is 25.0 Å². The molecule has 0 unspecified atom stereocenters. The summed E-state index contributed by atoms with van der Waals surface area (Å²) in [6.07, 6.45) is 2.04. The highest BCUT2D eigenvalue weighted by atomic mass is 79.9. The molecule has 0 radical (unpaired) electrons. The van der Waals surface area contributed by atoms with Crippen molar-refractivity contribution in [2.24, 2.45) is 0 Å². The number of carbonyl (C=O) groups is 1. The minimum absolute atomic E-state index is 0.0744. The molecular formula is C8H12Br2O3. The van der Waals surface area contributed by atoms with Crippen LogP contribution in [0.2, 0.25) is 0 Å². The van der Waals surface area contributed by atoms with Crippen molar-refractivity contribution >= 4 is 37.8 Å². The largest absolute Gasteiger partial charge is 0.462 e. The molecule has 1 aliphatic rings. The SMILES string of the molecule is O=C(CBr)O[C@H]1C[C@@H](OCCBr)C1. The van der Waals surface area contributed by atoms with Gasteiger partial charge in [-0.15, -0.1) is 0 Å². The molecule has 0 amide bonds. The van der Waals surface area contributed by atoms with Crippen LogP contribution in [-0.2, 0) is 14.3 Å². The van der Waals surface area contributed by atoms with Gasteiger partial charge in [0.05, 0.1) is 12.7 Å². The molecule has 1 aliphatic carbocycles. The van der Waals surface area contributed by atoms with Crippen LogP contribution in [-0.4, -0.2) is 35.4 Å². The first-order valence-corrected chi connectivity index (χ1v) is 6.43. The third kappa shape index (κ3) is 3.95. The van der Waals surface area contributed by atoms with E-state index in [1.807, 2.05) is 0 Å².